The van der Waals surface area contributed by atoms with Crippen molar-refractivity contribution in [2.45, 2.75) is 57.0 Å². The van der Waals surface area contributed by atoms with Crippen LogP contribution in [0.3, 0.4) is 0 Å². The quantitative estimate of drug-likeness (QED) is 0.572. The third kappa shape index (κ3) is 2.31. The second-order valence-corrected chi connectivity index (χ2v) is 5.21. The first kappa shape index (κ1) is 10.9. The van der Waals surface area contributed by atoms with E-state index in [-0.39, 0.29) is 0 Å². The number of allylic oxidation sites excluding steroid dienone is 1. The van der Waals surface area contributed by atoms with Crippen LogP contribution in [0.5, 0.6) is 0 Å². The molecule has 1 N–H and O–H groups in total. The normalized spacial score (nSPS) is 33.4. The van der Waals surface area contributed by atoms with E-state index in [1.165, 1.54) is 25.7 Å². The van der Waals surface area contributed by atoms with Crippen LogP contribution in [-0.4, -0.2) is 17.0 Å². The van der Waals surface area contributed by atoms with Crippen molar-refractivity contribution < 1.29 is 9.90 Å². The molecule has 0 aromatic carbocycles. The molecule has 2 nitrogen and oxygen atoms in total. The fraction of sp³-hybridized carbons (Fsp3) is 0.769. The summed E-state index contributed by atoms with van der Waals surface area (Å²) in [6.07, 6.45) is 13.3. The fourth-order valence-electron chi connectivity index (χ4n) is 2.98. The lowest BCUT2D eigenvalue weighted by atomic mass is 9.72. The Labute approximate surface area is 91.4 Å². The standard InChI is InChI=1S/C13H20O2/c14-11-3-6-13(15)9-7-12(8-10-13)4-1-2-5-12/h7,9,11,15H,1-6,8,10H2. The van der Waals surface area contributed by atoms with Crippen molar-refractivity contribution in [3.63, 3.8) is 0 Å². The van der Waals surface area contributed by atoms with Crippen LogP contribution in [0.2, 0.25) is 0 Å². The number of carbonyl (C=O) groups excluding carboxylic acids is 1. The highest BCUT2D eigenvalue weighted by molar-refractivity contribution is 5.49. The minimum Gasteiger partial charge on any atom is -0.386 e. The molecule has 2 heteroatoms. The van der Waals surface area contributed by atoms with E-state index >= 15 is 0 Å². The van der Waals surface area contributed by atoms with Crippen LogP contribution >= 0.6 is 0 Å². The molecule has 0 aliphatic heterocycles. The lowest BCUT2D eigenvalue weighted by Crippen LogP contribution is -2.33. The Balaban J connectivity index is 2.00. The summed E-state index contributed by atoms with van der Waals surface area (Å²) in [6, 6.07) is 0. The number of aldehydes is 1. The van der Waals surface area contributed by atoms with Crippen molar-refractivity contribution in [2.24, 2.45) is 5.41 Å². The molecule has 1 unspecified atom stereocenters. The predicted octanol–water partition coefficient (Wildman–Crippen LogP) is 2.61. The first-order valence-electron chi connectivity index (χ1n) is 6.05. The summed E-state index contributed by atoms with van der Waals surface area (Å²) in [6.45, 7) is 0. The van der Waals surface area contributed by atoms with E-state index in [9.17, 15) is 9.90 Å². The van der Waals surface area contributed by atoms with Crippen molar-refractivity contribution in [1.29, 1.82) is 0 Å². The molecule has 0 saturated heterocycles. The van der Waals surface area contributed by atoms with Crippen LogP contribution in [-0.2, 0) is 4.79 Å². The van der Waals surface area contributed by atoms with Crippen LogP contribution in [0.15, 0.2) is 12.2 Å². The molecule has 0 aromatic heterocycles. The number of aliphatic hydroxyl groups is 1. The Morgan fingerprint density at radius 1 is 1.13 bits per heavy atom. The van der Waals surface area contributed by atoms with E-state index in [2.05, 4.69) is 6.08 Å². The summed E-state index contributed by atoms with van der Waals surface area (Å²) in [5.74, 6) is 0. The third-order valence-corrected chi connectivity index (χ3v) is 4.10. The number of rotatable bonds is 3. The zero-order valence-corrected chi connectivity index (χ0v) is 9.24. The Morgan fingerprint density at radius 2 is 1.87 bits per heavy atom. The minimum absolute atomic E-state index is 0.396. The predicted molar refractivity (Wildman–Crippen MR) is 59.5 cm³/mol. The first-order chi connectivity index (χ1) is 7.18. The van der Waals surface area contributed by atoms with Crippen molar-refractivity contribution in [3.05, 3.63) is 12.2 Å². The molecule has 15 heavy (non-hydrogen) atoms. The molecule has 1 saturated carbocycles. The molecule has 2 aliphatic rings. The number of carbonyl (C=O) groups is 1. The second kappa shape index (κ2) is 4.09. The zero-order valence-electron chi connectivity index (χ0n) is 9.24. The molecular formula is C13H20O2. The highest BCUT2D eigenvalue weighted by Gasteiger charge is 2.38. The van der Waals surface area contributed by atoms with Gasteiger partial charge in [0.1, 0.15) is 6.29 Å². The maximum absolute atomic E-state index is 10.3. The second-order valence-electron chi connectivity index (χ2n) is 5.21. The molecule has 2 rings (SSSR count). The van der Waals surface area contributed by atoms with Gasteiger partial charge < -0.3 is 9.90 Å². The molecule has 1 atom stereocenters. The topological polar surface area (TPSA) is 37.3 Å². The smallest absolute Gasteiger partial charge is 0.120 e. The average Bonchev–Trinajstić information content (AvgIpc) is 2.70. The lowest BCUT2D eigenvalue weighted by molar-refractivity contribution is -0.108. The van der Waals surface area contributed by atoms with Crippen LogP contribution in [0.4, 0.5) is 0 Å². The maximum Gasteiger partial charge on any atom is 0.120 e. The van der Waals surface area contributed by atoms with Crippen LogP contribution in [0.1, 0.15) is 51.4 Å². The van der Waals surface area contributed by atoms with Gasteiger partial charge in [0.15, 0.2) is 0 Å². The number of hydrogen-bond donors (Lipinski definition) is 1. The summed E-state index contributed by atoms with van der Waals surface area (Å²) in [7, 11) is 0. The van der Waals surface area contributed by atoms with E-state index in [4.69, 9.17) is 0 Å². The SMILES string of the molecule is O=CCCC1(O)C=CC2(CCCC2)CC1. The molecule has 0 heterocycles. The Kier molecular flexibility index (Phi) is 2.96. The maximum atomic E-state index is 10.3. The van der Waals surface area contributed by atoms with Crippen molar-refractivity contribution in [1.82, 2.24) is 0 Å². The Bertz CT molecular complexity index is 264. The molecular weight excluding hydrogens is 188 g/mol. The molecule has 1 spiro atoms. The van der Waals surface area contributed by atoms with Gasteiger partial charge in [0, 0.05) is 6.42 Å². The van der Waals surface area contributed by atoms with E-state index in [1.807, 2.05) is 6.08 Å². The highest BCUT2D eigenvalue weighted by atomic mass is 16.3. The van der Waals surface area contributed by atoms with Gasteiger partial charge in [-0.15, -0.1) is 0 Å². The number of hydrogen-bond acceptors (Lipinski definition) is 2. The zero-order chi connectivity index (χ0) is 10.8. The van der Waals surface area contributed by atoms with Crippen molar-refractivity contribution in [3.8, 4) is 0 Å². The first-order valence-corrected chi connectivity index (χ1v) is 6.05. The molecule has 0 aromatic rings. The lowest BCUT2D eigenvalue weighted by Gasteiger charge is -2.36. The van der Waals surface area contributed by atoms with Gasteiger partial charge in [-0.1, -0.05) is 25.0 Å². The van der Waals surface area contributed by atoms with Gasteiger partial charge in [0.25, 0.3) is 0 Å². The fourth-order valence-corrected chi connectivity index (χ4v) is 2.98. The van der Waals surface area contributed by atoms with E-state index in [0.29, 0.717) is 18.3 Å². The van der Waals surface area contributed by atoms with Gasteiger partial charge in [-0.3, -0.25) is 0 Å². The van der Waals surface area contributed by atoms with E-state index < -0.39 is 5.60 Å². The van der Waals surface area contributed by atoms with Crippen molar-refractivity contribution >= 4 is 6.29 Å². The molecule has 0 amide bonds. The average molecular weight is 208 g/mol. The van der Waals surface area contributed by atoms with E-state index in [1.54, 1.807) is 0 Å². The summed E-state index contributed by atoms with van der Waals surface area (Å²) in [4.78, 5) is 10.3. The van der Waals surface area contributed by atoms with Crippen LogP contribution in [0.25, 0.3) is 0 Å². The summed E-state index contributed by atoms with van der Waals surface area (Å²) >= 11 is 0. The van der Waals surface area contributed by atoms with Gasteiger partial charge in [-0.2, -0.15) is 0 Å². The van der Waals surface area contributed by atoms with Gasteiger partial charge in [0.2, 0.25) is 0 Å². The monoisotopic (exact) mass is 208 g/mol. The van der Waals surface area contributed by atoms with Crippen LogP contribution < -0.4 is 0 Å². The summed E-state index contributed by atoms with van der Waals surface area (Å²) in [5, 5.41) is 10.2. The summed E-state index contributed by atoms with van der Waals surface area (Å²) in [5.41, 5.74) is -0.303. The summed E-state index contributed by atoms with van der Waals surface area (Å²) < 4.78 is 0. The Hall–Kier alpha value is -0.630. The molecule has 0 bridgehead atoms. The van der Waals surface area contributed by atoms with Crippen LogP contribution in [0, 0.1) is 5.41 Å². The molecule has 0 radical (unpaired) electrons. The van der Waals surface area contributed by atoms with Gasteiger partial charge >= 0.3 is 0 Å². The van der Waals surface area contributed by atoms with E-state index in [0.717, 1.165) is 19.1 Å². The largest absolute Gasteiger partial charge is 0.386 e. The van der Waals surface area contributed by atoms with Gasteiger partial charge in [0.05, 0.1) is 5.60 Å². The Morgan fingerprint density at radius 3 is 2.40 bits per heavy atom. The van der Waals surface area contributed by atoms with Gasteiger partial charge in [-0.05, 0) is 37.5 Å². The third-order valence-electron chi connectivity index (χ3n) is 4.10. The molecule has 84 valence electrons. The highest BCUT2D eigenvalue weighted by Crippen LogP contribution is 2.48. The minimum atomic E-state index is -0.700. The molecule has 2 aliphatic carbocycles. The van der Waals surface area contributed by atoms with Gasteiger partial charge in [-0.25, -0.2) is 0 Å². The molecule has 1 fully saturated rings. The van der Waals surface area contributed by atoms with Crippen molar-refractivity contribution in [2.75, 3.05) is 0 Å².